The summed E-state index contributed by atoms with van der Waals surface area (Å²) in [5.41, 5.74) is 9.30. The van der Waals surface area contributed by atoms with Crippen molar-refractivity contribution in [3.8, 4) is 0 Å². The molecule has 0 radical (unpaired) electrons. The van der Waals surface area contributed by atoms with E-state index in [9.17, 15) is 4.79 Å². The molecule has 0 fully saturated rings. The second-order valence-corrected chi connectivity index (χ2v) is 3.38. The van der Waals surface area contributed by atoms with Gasteiger partial charge in [0.25, 0.3) is 0 Å². The van der Waals surface area contributed by atoms with E-state index < -0.39 is 6.04 Å². The molecule has 0 aliphatic heterocycles. The van der Waals surface area contributed by atoms with Crippen molar-refractivity contribution in [3.63, 3.8) is 0 Å². The Kier molecular flexibility index (Phi) is 5.57. The summed E-state index contributed by atoms with van der Waals surface area (Å²) >= 11 is 0. The molecule has 6 heteroatoms. The van der Waals surface area contributed by atoms with Crippen LogP contribution in [0, 0.1) is 0 Å². The molecule has 0 heterocycles. The fraction of sp³-hybridized carbons (Fsp3) is 0.364. The van der Waals surface area contributed by atoms with Gasteiger partial charge < -0.3 is 10.1 Å². The number of carbonyl (C=O) groups is 1. The van der Waals surface area contributed by atoms with E-state index in [4.69, 9.17) is 10.3 Å². The molecule has 0 spiro atoms. The Bertz CT molecular complexity index is 401. The van der Waals surface area contributed by atoms with Crippen molar-refractivity contribution in [1.29, 1.82) is 0 Å². The molecular weight excluding hydrogens is 220 g/mol. The summed E-state index contributed by atoms with van der Waals surface area (Å²) in [4.78, 5) is 14.3. The highest BCUT2D eigenvalue weighted by Gasteiger charge is 2.15. The molecule has 90 valence electrons. The maximum absolute atomic E-state index is 11.6. The third-order valence-corrected chi connectivity index (χ3v) is 2.13. The second kappa shape index (κ2) is 7.27. The lowest BCUT2D eigenvalue weighted by Gasteiger charge is -2.10. The van der Waals surface area contributed by atoms with Crippen molar-refractivity contribution >= 4 is 5.91 Å². The van der Waals surface area contributed by atoms with Gasteiger partial charge in [-0.1, -0.05) is 35.4 Å². The topological polar surface area (TPSA) is 87.1 Å². The molecule has 1 atom stereocenters. The molecule has 0 saturated carbocycles. The SMILES string of the molecule is COCC(N=[N+]=[N-])C(=O)NCc1ccccc1. The Labute approximate surface area is 99.2 Å². The van der Waals surface area contributed by atoms with Gasteiger partial charge in [-0.15, -0.1) is 0 Å². The van der Waals surface area contributed by atoms with Crippen LogP contribution in [-0.4, -0.2) is 25.7 Å². The van der Waals surface area contributed by atoms with Crippen LogP contribution in [-0.2, 0) is 16.1 Å². The van der Waals surface area contributed by atoms with Gasteiger partial charge in [0, 0.05) is 18.6 Å². The highest BCUT2D eigenvalue weighted by molar-refractivity contribution is 5.82. The molecule has 1 rings (SSSR count). The number of nitrogens with zero attached hydrogens (tertiary/aromatic N) is 3. The Hall–Kier alpha value is -2.04. The van der Waals surface area contributed by atoms with Gasteiger partial charge in [-0.2, -0.15) is 0 Å². The van der Waals surface area contributed by atoms with Crippen LogP contribution in [0.25, 0.3) is 10.4 Å². The number of methoxy groups -OCH3 is 1. The van der Waals surface area contributed by atoms with Crippen LogP contribution in [0.4, 0.5) is 0 Å². The van der Waals surface area contributed by atoms with Crippen molar-refractivity contribution in [1.82, 2.24) is 5.32 Å². The van der Waals surface area contributed by atoms with Crippen LogP contribution in [0.15, 0.2) is 35.4 Å². The Morgan fingerprint density at radius 1 is 1.53 bits per heavy atom. The van der Waals surface area contributed by atoms with Crippen LogP contribution in [0.3, 0.4) is 0 Å². The Morgan fingerprint density at radius 3 is 2.82 bits per heavy atom. The molecule has 0 bridgehead atoms. The average molecular weight is 234 g/mol. The molecule has 1 unspecified atom stereocenters. The summed E-state index contributed by atoms with van der Waals surface area (Å²) in [7, 11) is 1.45. The van der Waals surface area contributed by atoms with Crippen molar-refractivity contribution in [2.24, 2.45) is 5.11 Å². The first-order valence-corrected chi connectivity index (χ1v) is 5.12. The summed E-state index contributed by atoms with van der Waals surface area (Å²) < 4.78 is 4.80. The van der Waals surface area contributed by atoms with Crippen molar-refractivity contribution in [2.45, 2.75) is 12.6 Å². The first kappa shape index (κ1) is 13.0. The van der Waals surface area contributed by atoms with Gasteiger partial charge in [-0.05, 0) is 11.1 Å². The molecular formula is C11H14N4O2. The fourth-order valence-corrected chi connectivity index (χ4v) is 1.28. The Morgan fingerprint density at radius 2 is 2.24 bits per heavy atom. The fourth-order valence-electron chi connectivity index (χ4n) is 1.28. The monoisotopic (exact) mass is 234 g/mol. The molecule has 1 aromatic rings. The highest BCUT2D eigenvalue weighted by Crippen LogP contribution is 1.99. The summed E-state index contributed by atoms with van der Waals surface area (Å²) in [6.07, 6.45) is 0. The Balaban J connectivity index is 2.50. The van der Waals surface area contributed by atoms with Gasteiger partial charge in [0.15, 0.2) is 0 Å². The lowest BCUT2D eigenvalue weighted by atomic mass is 10.2. The average Bonchev–Trinajstić information content (AvgIpc) is 2.37. The maximum Gasteiger partial charge on any atom is 0.231 e. The van der Waals surface area contributed by atoms with Crippen LogP contribution < -0.4 is 5.32 Å². The zero-order valence-corrected chi connectivity index (χ0v) is 9.54. The number of ether oxygens (including phenoxy) is 1. The summed E-state index contributed by atoms with van der Waals surface area (Å²) in [6, 6.07) is 8.66. The molecule has 17 heavy (non-hydrogen) atoms. The molecule has 1 amide bonds. The second-order valence-electron chi connectivity index (χ2n) is 3.38. The highest BCUT2D eigenvalue weighted by atomic mass is 16.5. The number of azide groups is 1. The zero-order chi connectivity index (χ0) is 12.5. The third kappa shape index (κ3) is 4.55. The summed E-state index contributed by atoms with van der Waals surface area (Å²) in [6.45, 7) is 0.478. The molecule has 0 aliphatic carbocycles. The van der Waals surface area contributed by atoms with Gasteiger partial charge in [-0.25, -0.2) is 0 Å². The van der Waals surface area contributed by atoms with E-state index in [0.717, 1.165) is 5.56 Å². The van der Waals surface area contributed by atoms with E-state index in [-0.39, 0.29) is 12.5 Å². The normalized spacial score (nSPS) is 11.4. The number of amides is 1. The smallest absolute Gasteiger partial charge is 0.231 e. The standard InChI is InChI=1S/C11H14N4O2/c1-17-8-10(14-15-12)11(16)13-7-9-5-3-2-4-6-9/h2-6,10H,7-8H2,1H3,(H,13,16). The quantitative estimate of drug-likeness (QED) is 0.460. The van der Waals surface area contributed by atoms with Gasteiger partial charge in [-0.3, -0.25) is 4.79 Å². The van der Waals surface area contributed by atoms with E-state index in [2.05, 4.69) is 15.3 Å². The van der Waals surface area contributed by atoms with Crippen LogP contribution in [0.5, 0.6) is 0 Å². The van der Waals surface area contributed by atoms with E-state index in [1.165, 1.54) is 7.11 Å². The van der Waals surface area contributed by atoms with Gasteiger partial charge in [0.05, 0.1) is 6.61 Å². The number of nitrogens with one attached hydrogen (secondary N) is 1. The largest absolute Gasteiger partial charge is 0.384 e. The number of hydrogen-bond donors (Lipinski definition) is 1. The predicted molar refractivity (Wildman–Crippen MR) is 63.1 cm³/mol. The molecule has 1 aromatic carbocycles. The molecule has 1 N–H and O–H groups in total. The van der Waals surface area contributed by atoms with Crippen LogP contribution >= 0.6 is 0 Å². The lowest BCUT2D eigenvalue weighted by Crippen LogP contribution is -2.35. The van der Waals surface area contributed by atoms with E-state index in [0.29, 0.717) is 6.54 Å². The summed E-state index contributed by atoms with van der Waals surface area (Å²) in [5.74, 6) is -0.339. The van der Waals surface area contributed by atoms with Gasteiger partial charge in [0.1, 0.15) is 6.04 Å². The van der Waals surface area contributed by atoms with Crippen molar-refractivity contribution in [3.05, 3.63) is 46.3 Å². The minimum absolute atomic E-state index is 0.0741. The van der Waals surface area contributed by atoms with Gasteiger partial charge in [0.2, 0.25) is 5.91 Å². The lowest BCUT2D eigenvalue weighted by molar-refractivity contribution is -0.123. The van der Waals surface area contributed by atoms with E-state index >= 15 is 0 Å². The van der Waals surface area contributed by atoms with Crippen LogP contribution in [0.2, 0.25) is 0 Å². The third-order valence-electron chi connectivity index (χ3n) is 2.13. The number of benzene rings is 1. The number of carbonyl (C=O) groups excluding carboxylic acids is 1. The first-order valence-electron chi connectivity index (χ1n) is 5.12. The molecule has 0 saturated heterocycles. The predicted octanol–water partition coefficient (Wildman–Crippen LogP) is 1.63. The molecule has 0 aliphatic rings. The van der Waals surface area contributed by atoms with Crippen molar-refractivity contribution < 1.29 is 9.53 Å². The zero-order valence-electron chi connectivity index (χ0n) is 9.54. The number of hydrogen-bond acceptors (Lipinski definition) is 3. The molecule has 0 aromatic heterocycles. The maximum atomic E-state index is 11.6. The van der Waals surface area contributed by atoms with Crippen molar-refractivity contribution in [2.75, 3.05) is 13.7 Å². The first-order chi connectivity index (χ1) is 8.27. The van der Waals surface area contributed by atoms with E-state index in [1.807, 2.05) is 30.3 Å². The van der Waals surface area contributed by atoms with Gasteiger partial charge >= 0.3 is 0 Å². The number of rotatable bonds is 6. The van der Waals surface area contributed by atoms with E-state index in [1.54, 1.807) is 0 Å². The van der Waals surface area contributed by atoms with Crippen LogP contribution in [0.1, 0.15) is 5.56 Å². The summed E-state index contributed by atoms with van der Waals surface area (Å²) in [5, 5.41) is 6.05. The minimum atomic E-state index is -0.825. The minimum Gasteiger partial charge on any atom is -0.384 e. The molecule has 6 nitrogen and oxygen atoms in total.